The molecule has 2 amide bonds. The molecule has 0 saturated heterocycles. The number of amides is 2. The van der Waals surface area contributed by atoms with E-state index >= 15 is 0 Å². The number of alkyl carbamates (subject to hydrolysis) is 1. The van der Waals surface area contributed by atoms with Crippen molar-refractivity contribution in [3.05, 3.63) is 0 Å². The van der Waals surface area contributed by atoms with E-state index in [0.29, 0.717) is 6.42 Å². The Morgan fingerprint density at radius 3 is 2.31 bits per heavy atom. The van der Waals surface area contributed by atoms with Gasteiger partial charge in [0.1, 0.15) is 0 Å². The van der Waals surface area contributed by atoms with Gasteiger partial charge in [0.2, 0.25) is 5.91 Å². The predicted molar refractivity (Wildman–Crippen MR) is 57.6 cm³/mol. The van der Waals surface area contributed by atoms with Gasteiger partial charge < -0.3 is 15.8 Å². The highest BCUT2D eigenvalue weighted by Gasteiger charge is 2.26. The minimum absolute atomic E-state index is 0.210. The van der Waals surface area contributed by atoms with E-state index in [2.05, 4.69) is 10.1 Å². The number of primary amides is 1. The lowest BCUT2D eigenvalue weighted by Crippen LogP contribution is -2.45. The first kappa shape index (κ1) is 14.4. The third-order valence-electron chi connectivity index (χ3n) is 2.32. The summed E-state index contributed by atoms with van der Waals surface area (Å²) in [7, 11) is 1.18. The van der Waals surface area contributed by atoms with Crippen LogP contribution in [0.4, 0.5) is 4.79 Å². The lowest BCUT2D eigenvalue weighted by molar-refractivity contribution is -0.128. The molecule has 1 unspecified atom stereocenters. The normalized spacial score (nSPS) is 13.7. The number of carbonyl (C=O) groups excluding carboxylic acids is 3. The van der Waals surface area contributed by atoms with Gasteiger partial charge in [-0.05, 0) is 6.42 Å². The van der Waals surface area contributed by atoms with Gasteiger partial charge in [0, 0.05) is 5.92 Å². The van der Waals surface area contributed by atoms with E-state index in [1.54, 1.807) is 6.92 Å². The van der Waals surface area contributed by atoms with Crippen LogP contribution in [0, 0.1) is 5.92 Å². The van der Waals surface area contributed by atoms with E-state index in [4.69, 9.17) is 5.73 Å². The number of ether oxygens (including phenoxy) is 1. The monoisotopic (exact) mass is 230 g/mol. The minimum atomic E-state index is -0.903. The van der Waals surface area contributed by atoms with Crippen LogP contribution in [0.5, 0.6) is 0 Å². The standard InChI is InChI=1S/C10H18N2O4/c1-4-6(2)9(14)7(5-8(11)13)12-10(15)16-3/h6-7H,4-5H2,1-3H3,(H2,11,13)(H,12,15)/t6?,7-/m0/s1. The van der Waals surface area contributed by atoms with Crippen LogP contribution in [0.15, 0.2) is 0 Å². The van der Waals surface area contributed by atoms with Crippen molar-refractivity contribution in [1.82, 2.24) is 5.32 Å². The second-order valence-electron chi connectivity index (χ2n) is 3.57. The molecule has 92 valence electrons. The van der Waals surface area contributed by atoms with Gasteiger partial charge in [0.05, 0.1) is 19.6 Å². The molecule has 6 nitrogen and oxygen atoms in total. The number of hydrogen-bond acceptors (Lipinski definition) is 4. The van der Waals surface area contributed by atoms with Crippen molar-refractivity contribution in [3.8, 4) is 0 Å². The maximum Gasteiger partial charge on any atom is 0.407 e. The van der Waals surface area contributed by atoms with Gasteiger partial charge in [-0.15, -0.1) is 0 Å². The van der Waals surface area contributed by atoms with Crippen molar-refractivity contribution in [2.24, 2.45) is 11.7 Å². The van der Waals surface area contributed by atoms with E-state index in [1.165, 1.54) is 7.11 Å². The third-order valence-corrected chi connectivity index (χ3v) is 2.32. The number of nitrogens with two attached hydrogens (primary N) is 1. The first-order valence-electron chi connectivity index (χ1n) is 5.08. The first-order valence-corrected chi connectivity index (χ1v) is 5.08. The topological polar surface area (TPSA) is 98.5 Å². The Hall–Kier alpha value is -1.59. The molecule has 0 aromatic heterocycles. The summed E-state index contributed by atoms with van der Waals surface area (Å²) < 4.78 is 4.37. The Morgan fingerprint density at radius 1 is 1.38 bits per heavy atom. The number of nitrogens with one attached hydrogen (secondary N) is 1. The highest BCUT2D eigenvalue weighted by molar-refractivity contribution is 5.92. The van der Waals surface area contributed by atoms with Crippen molar-refractivity contribution in [2.75, 3.05) is 7.11 Å². The summed E-state index contributed by atoms with van der Waals surface area (Å²) >= 11 is 0. The molecular weight excluding hydrogens is 212 g/mol. The second kappa shape index (κ2) is 6.81. The van der Waals surface area contributed by atoms with E-state index in [9.17, 15) is 14.4 Å². The van der Waals surface area contributed by atoms with Gasteiger partial charge in [-0.3, -0.25) is 9.59 Å². The van der Waals surface area contributed by atoms with E-state index in [1.807, 2.05) is 6.92 Å². The first-order chi connectivity index (χ1) is 7.42. The molecule has 0 bridgehead atoms. The fraction of sp³-hybridized carbons (Fsp3) is 0.700. The number of carbonyl (C=O) groups is 3. The number of ketones is 1. The molecule has 0 aromatic rings. The third kappa shape index (κ3) is 4.77. The van der Waals surface area contributed by atoms with Gasteiger partial charge in [0.15, 0.2) is 5.78 Å². The van der Waals surface area contributed by atoms with Crippen molar-refractivity contribution in [3.63, 3.8) is 0 Å². The molecule has 0 fully saturated rings. The van der Waals surface area contributed by atoms with Crippen LogP contribution in [0.25, 0.3) is 0 Å². The van der Waals surface area contributed by atoms with Crippen molar-refractivity contribution < 1.29 is 19.1 Å². The average Bonchev–Trinajstić information content (AvgIpc) is 2.25. The highest BCUT2D eigenvalue weighted by Crippen LogP contribution is 2.08. The Balaban J connectivity index is 4.59. The summed E-state index contributed by atoms with van der Waals surface area (Å²) in [6, 6.07) is -0.903. The molecule has 16 heavy (non-hydrogen) atoms. The van der Waals surface area contributed by atoms with Gasteiger partial charge in [-0.2, -0.15) is 0 Å². The Kier molecular flexibility index (Phi) is 6.14. The van der Waals surface area contributed by atoms with Crippen LogP contribution in [0.1, 0.15) is 26.7 Å². The molecule has 0 aliphatic heterocycles. The maximum atomic E-state index is 11.8. The van der Waals surface area contributed by atoms with E-state index in [-0.39, 0.29) is 18.1 Å². The average molecular weight is 230 g/mol. The van der Waals surface area contributed by atoms with Crippen LogP contribution in [0.2, 0.25) is 0 Å². The van der Waals surface area contributed by atoms with Crippen LogP contribution in [-0.2, 0) is 14.3 Å². The molecule has 2 atom stereocenters. The lowest BCUT2D eigenvalue weighted by atomic mass is 9.95. The lowest BCUT2D eigenvalue weighted by Gasteiger charge is -2.18. The summed E-state index contributed by atoms with van der Waals surface area (Å²) in [5.41, 5.74) is 5.01. The molecule has 0 radical (unpaired) electrons. The van der Waals surface area contributed by atoms with Crippen LogP contribution in [0.3, 0.4) is 0 Å². The van der Waals surface area contributed by atoms with Gasteiger partial charge in [-0.25, -0.2) is 4.79 Å². The van der Waals surface area contributed by atoms with Crippen molar-refractivity contribution in [1.29, 1.82) is 0 Å². The summed E-state index contributed by atoms with van der Waals surface area (Å²) in [5, 5.41) is 2.30. The smallest absolute Gasteiger partial charge is 0.407 e. The van der Waals surface area contributed by atoms with Gasteiger partial charge in [0.25, 0.3) is 0 Å². The molecule has 0 heterocycles. The van der Waals surface area contributed by atoms with Crippen LogP contribution < -0.4 is 11.1 Å². The van der Waals surface area contributed by atoms with Crippen molar-refractivity contribution >= 4 is 17.8 Å². The quantitative estimate of drug-likeness (QED) is 0.681. The molecule has 0 spiro atoms. The SMILES string of the molecule is CCC(C)C(=O)[C@H](CC(N)=O)NC(=O)OC. The van der Waals surface area contributed by atoms with E-state index < -0.39 is 18.0 Å². The number of Topliss-reactive ketones (excluding diaryl/α,β-unsaturated/α-hetero) is 1. The fourth-order valence-corrected chi connectivity index (χ4v) is 1.17. The predicted octanol–water partition coefficient (Wildman–Crippen LogP) is 0.202. The zero-order valence-electron chi connectivity index (χ0n) is 9.78. The van der Waals surface area contributed by atoms with Crippen LogP contribution >= 0.6 is 0 Å². The summed E-state index contributed by atoms with van der Waals surface area (Å²) in [4.78, 5) is 33.5. The highest BCUT2D eigenvalue weighted by atomic mass is 16.5. The van der Waals surface area contributed by atoms with E-state index in [0.717, 1.165) is 0 Å². The molecule has 0 aromatic carbocycles. The Labute approximate surface area is 94.5 Å². The van der Waals surface area contributed by atoms with Gasteiger partial charge in [-0.1, -0.05) is 13.8 Å². The maximum absolute atomic E-state index is 11.8. The largest absolute Gasteiger partial charge is 0.453 e. The Morgan fingerprint density at radius 2 is 1.94 bits per heavy atom. The molecular formula is C10H18N2O4. The minimum Gasteiger partial charge on any atom is -0.453 e. The van der Waals surface area contributed by atoms with Crippen LogP contribution in [-0.4, -0.2) is 30.9 Å². The zero-order valence-corrected chi connectivity index (χ0v) is 9.78. The molecule has 0 aliphatic rings. The molecule has 0 rings (SSSR count). The molecule has 3 N–H and O–H groups in total. The fourth-order valence-electron chi connectivity index (χ4n) is 1.17. The summed E-state index contributed by atoms with van der Waals surface area (Å²) in [6.45, 7) is 3.58. The molecule has 6 heteroatoms. The molecule has 0 saturated carbocycles. The number of rotatable bonds is 6. The second-order valence-corrected chi connectivity index (χ2v) is 3.57. The summed E-state index contributed by atoms with van der Waals surface area (Å²) in [6.07, 6.45) is -0.321. The molecule has 0 aliphatic carbocycles. The zero-order chi connectivity index (χ0) is 12.7. The van der Waals surface area contributed by atoms with Gasteiger partial charge >= 0.3 is 6.09 Å². The number of hydrogen-bond donors (Lipinski definition) is 2. The Bertz CT molecular complexity index is 278. The number of methoxy groups -OCH3 is 1. The summed E-state index contributed by atoms with van der Waals surface area (Å²) in [5.74, 6) is -1.09. The van der Waals surface area contributed by atoms with Crippen molar-refractivity contribution in [2.45, 2.75) is 32.7 Å².